The smallest absolute Gasteiger partial charge is 0.230 e. The second kappa shape index (κ2) is 4.93. The Labute approximate surface area is 81.2 Å². The molecule has 0 aliphatic carbocycles. The Morgan fingerprint density at radius 2 is 1.36 bits per heavy atom. The number of hydrogen-bond acceptors (Lipinski definition) is 2. The van der Waals surface area contributed by atoms with Crippen LogP contribution in [0.15, 0.2) is 6.07 Å². The zero-order chi connectivity index (χ0) is 11.4. The third kappa shape index (κ3) is 3.72. The first kappa shape index (κ1) is 12.9. The van der Waals surface area contributed by atoms with Gasteiger partial charge < -0.3 is 0 Å². The lowest BCUT2D eigenvalue weighted by Gasteiger charge is -2.05. The predicted molar refractivity (Wildman–Crippen MR) is 47.9 cm³/mol. The van der Waals surface area contributed by atoms with E-state index in [0.717, 1.165) is 0 Å². The van der Waals surface area contributed by atoms with Gasteiger partial charge in [-0.25, -0.2) is 9.97 Å². The Bertz CT molecular complexity index is 274. The third-order valence-electron chi connectivity index (χ3n) is 1.24. The van der Waals surface area contributed by atoms with Crippen molar-refractivity contribution in [3.05, 3.63) is 23.3 Å². The van der Waals surface area contributed by atoms with E-state index >= 15 is 0 Å². The first-order chi connectivity index (χ1) is 6.39. The van der Waals surface area contributed by atoms with Crippen molar-refractivity contribution < 1.29 is 13.2 Å². The lowest BCUT2D eigenvalue weighted by atomic mass is 10.3. The molecule has 0 fully saturated rings. The van der Waals surface area contributed by atoms with Gasteiger partial charge in [0, 0.05) is 11.4 Å². The first-order valence-electron chi connectivity index (χ1n) is 4.29. The molecule has 5 heteroatoms. The molecular formula is C9H13F3N2. The second-order valence-corrected chi connectivity index (χ2v) is 2.47. The Morgan fingerprint density at radius 1 is 1.00 bits per heavy atom. The highest BCUT2D eigenvalue weighted by atomic mass is 19.4. The van der Waals surface area contributed by atoms with E-state index in [2.05, 4.69) is 9.97 Å². The molecule has 0 aliphatic heterocycles. The van der Waals surface area contributed by atoms with E-state index in [-0.39, 0.29) is 0 Å². The van der Waals surface area contributed by atoms with Crippen LogP contribution in [0.2, 0.25) is 0 Å². The van der Waals surface area contributed by atoms with Crippen LogP contribution < -0.4 is 0 Å². The summed E-state index contributed by atoms with van der Waals surface area (Å²) in [6.07, 6.45) is -4.45. The van der Waals surface area contributed by atoms with Crippen LogP contribution in [0.3, 0.4) is 0 Å². The van der Waals surface area contributed by atoms with E-state index in [1.54, 1.807) is 0 Å². The normalized spacial score (nSPS) is 10.5. The van der Waals surface area contributed by atoms with Crippen LogP contribution >= 0.6 is 0 Å². The molecule has 80 valence electrons. The summed E-state index contributed by atoms with van der Waals surface area (Å²) in [5, 5.41) is 0. The van der Waals surface area contributed by atoms with E-state index in [1.165, 1.54) is 19.9 Å². The number of aryl methyl sites for hydroxylation is 2. The summed E-state index contributed by atoms with van der Waals surface area (Å²) in [6.45, 7) is 7.01. The summed E-state index contributed by atoms with van der Waals surface area (Å²) in [6, 6.07) is 1.50. The van der Waals surface area contributed by atoms with Gasteiger partial charge in [-0.2, -0.15) is 13.2 Å². The van der Waals surface area contributed by atoms with Gasteiger partial charge in [0.05, 0.1) is 0 Å². The van der Waals surface area contributed by atoms with Gasteiger partial charge in [0.15, 0.2) is 0 Å². The highest BCUT2D eigenvalue weighted by Gasteiger charge is 2.34. The minimum absolute atomic E-state index is 0.329. The largest absolute Gasteiger partial charge is 0.451 e. The minimum Gasteiger partial charge on any atom is -0.230 e. The molecule has 0 aliphatic rings. The fourth-order valence-electron chi connectivity index (χ4n) is 0.853. The van der Waals surface area contributed by atoms with Crippen molar-refractivity contribution in [2.75, 3.05) is 0 Å². The zero-order valence-corrected chi connectivity index (χ0v) is 8.61. The maximum Gasteiger partial charge on any atom is 0.451 e. The third-order valence-corrected chi connectivity index (χ3v) is 1.24. The van der Waals surface area contributed by atoms with Crippen molar-refractivity contribution >= 4 is 0 Å². The molecule has 0 unspecified atom stereocenters. The van der Waals surface area contributed by atoms with Crippen LogP contribution in [-0.4, -0.2) is 9.97 Å². The van der Waals surface area contributed by atoms with E-state index in [0.29, 0.717) is 11.4 Å². The maximum absolute atomic E-state index is 12.0. The standard InChI is InChI=1S/C7H7F3N2.C2H6/c1-4-3-5(2)12-6(11-4)7(8,9)10;1-2/h3H,1-2H3;1-2H3. The topological polar surface area (TPSA) is 25.8 Å². The van der Waals surface area contributed by atoms with E-state index in [4.69, 9.17) is 0 Å². The average molecular weight is 206 g/mol. The summed E-state index contributed by atoms with van der Waals surface area (Å²) in [5.74, 6) is -1.07. The monoisotopic (exact) mass is 206 g/mol. The highest BCUT2D eigenvalue weighted by molar-refractivity contribution is 5.09. The summed E-state index contributed by atoms with van der Waals surface area (Å²) >= 11 is 0. The Kier molecular flexibility index (Phi) is 4.53. The molecule has 14 heavy (non-hydrogen) atoms. The number of halogens is 3. The molecular weight excluding hydrogens is 193 g/mol. The van der Waals surface area contributed by atoms with Gasteiger partial charge >= 0.3 is 6.18 Å². The van der Waals surface area contributed by atoms with Gasteiger partial charge in [0.1, 0.15) is 0 Å². The first-order valence-corrected chi connectivity index (χ1v) is 4.29. The molecule has 0 saturated carbocycles. The number of hydrogen-bond donors (Lipinski definition) is 0. The zero-order valence-electron chi connectivity index (χ0n) is 8.61. The van der Waals surface area contributed by atoms with Crippen molar-refractivity contribution in [1.82, 2.24) is 9.97 Å². The molecule has 0 saturated heterocycles. The van der Waals surface area contributed by atoms with Crippen LogP contribution in [0, 0.1) is 13.8 Å². The van der Waals surface area contributed by atoms with Crippen LogP contribution in [0.1, 0.15) is 31.1 Å². The quantitative estimate of drug-likeness (QED) is 0.651. The Hall–Kier alpha value is -1.13. The summed E-state index contributed by atoms with van der Waals surface area (Å²) in [4.78, 5) is 6.54. The fourth-order valence-corrected chi connectivity index (χ4v) is 0.853. The molecule has 1 aromatic heterocycles. The van der Waals surface area contributed by atoms with Crippen molar-refractivity contribution in [3.8, 4) is 0 Å². The molecule has 2 nitrogen and oxygen atoms in total. The van der Waals surface area contributed by atoms with E-state index in [1.807, 2.05) is 13.8 Å². The van der Waals surface area contributed by atoms with Crippen LogP contribution in [-0.2, 0) is 6.18 Å². The van der Waals surface area contributed by atoms with Crippen molar-refractivity contribution in [3.63, 3.8) is 0 Å². The molecule has 1 aromatic rings. The van der Waals surface area contributed by atoms with E-state index < -0.39 is 12.0 Å². The van der Waals surface area contributed by atoms with Crippen molar-refractivity contribution in [2.24, 2.45) is 0 Å². The molecule has 0 atom stereocenters. The van der Waals surface area contributed by atoms with Crippen LogP contribution in [0.5, 0.6) is 0 Å². The molecule has 0 spiro atoms. The fraction of sp³-hybridized carbons (Fsp3) is 0.556. The average Bonchev–Trinajstić information content (AvgIpc) is 2.04. The Morgan fingerprint density at radius 3 is 1.64 bits per heavy atom. The minimum atomic E-state index is -4.45. The molecule has 0 bridgehead atoms. The van der Waals surface area contributed by atoms with Gasteiger partial charge in [-0.1, -0.05) is 13.8 Å². The lowest BCUT2D eigenvalue weighted by Crippen LogP contribution is -2.12. The highest BCUT2D eigenvalue weighted by Crippen LogP contribution is 2.25. The molecule has 0 N–H and O–H groups in total. The molecule has 0 amide bonds. The van der Waals surface area contributed by atoms with Gasteiger partial charge in [-0.3, -0.25) is 0 Å². The summed E-state index contributed by atoms with van der Waals surface area (Å²) in [7, 11) is 0. The molecule has 0 aromatic carbocycles. The van der Waals surface area contributed by atoms with Crippen LogP contribution in [0.4, 0.5) is 13.2 Å². The number of rotatable bonds is 0. The predicted octanol–water partition coefficient (Wildman–Crippen LogP) is 3.14. The van der Waals surface area contributed by atoms with Gasteiger partial charge in [0.25, 0.3) is 0 Å². The molecule has 1 rings (SSSR count). The lowest BCUT2D eigenvalue weighted by molar-refractivity contribution is -0.145. The van der Waals surface area contributed by atoms with Crippen LogP contribution in [0.25, 0.3) is 0 Å². The van der Waals surface area contributed by atoms with Gasteiger partial charge in [-0.05, 0) is 19.9 Å². The van der Waals surface area contributed by atoms with Gasteiger partial charge in [0.2, 0.25) is 5.82 Å². The second-order valence-electron chi connectivity index (χ2n) is 2.47. The molecule has 0 radical (unpaired) electrons. The SMILES string of the molecule is CC.Cc1cc(C)nc(C(F)(F)F)n1. The van der Waals surface area contributed by atoms with E-state index in [9.17, 15) is 13.2 Å². The number of alkyl halides is 3. The summed E-state index contributed by atoms with van der Waals surface area (Å²) in [5.41, 5.74) is 0.657. The van der Waals surface area contributed by atoms with Crippen molar-refractivity contribution in [2.45, 2.75) is 33.9 Å². The maximum atomic E-state index is 12.0. The Balaban J connectivity index is 0.000000791. The van der Waals surface area contributed by atoms with Crippen molar-refractivity contribution in [1.29, 1.82) is 0 Å². The van der Waals surface area contributed by atoms with Gasteiger partial charge in [-0.15, -0.1) is 0 Å². The number of nitrogens with zero attached hydrogens (tertiary/aromatic N) is 2. The number of aromatic nitrogens is 2. The molecule has 1 heterocycles. The summed E-state index contributed by atoms with van der Waals surface area (Å²) < 4.78 is 36.1.